The Balaban J connectivity index is 2.19. The summed E-state index contributed by atoms with van der Waals surface area (Å²) in [5.74, 6) is -0.172. The predicted octanol–water partition coefficient (Wildman–Crippen LogP) is 3.76. The maximum absolute atomic E-state index is 14.1. The number of halogens is 2. The molecule has 1 N–H and O–H groups in total. The van der Waals surface area contributed by atoms with Gasteiger partial charge in [-0.1, -0.05) is 6.07 Å². The lowest BCUT2D eigenvalue weighted by molar-refractivity contribution is 0.441. The molecular weight excluding hydrogens is 248 g/mol. The molecule has 1 atom stereocenters. The van der Waals surface area contributed by atoms with Gasteiger partial charge in [-0.15, -0.1) is 0 Å². The maximum Gasteiger partial charge on any atom is 0.133 e. The highest BCUT2D eigenvalue weighted by molar-refractivity contribution is 5.29. The summed E-state index contributed by atoms with van der Waals surface area (Å²) in [5, 5.41) is 2.97. The van der Waals surface area contributed by atoms with Gasteiger partial charge in [0.2, 0.25) is 0 Å². The smallest absolute Gasteiger partial charge is 0.133 e. The van der Waals surface area contributed by atoms with E-state index in [2.05, 4.69) is 5.32 Å². The van der Waals surface area contributed by atoms with E-state index < -0.39 is 11.6 Å². The molecule has 2 rings (SSSR count). The van der Waals surface area contributed by atoms with Gasteiger partial charge in [0.1, 0.15) is 17.4 Å². The molecule has 0 bridgehead atoms. The van der Waals surface area contributed by atoms with E-state index >= 15 is 0 Å². The highest BCUT2D eigenvalue weighted by atomic mass is 19.1. The molecule has 1 aromatic carbocycles. The van der Waals surface area contributed by atoms with Crippen molar-refractivity contribution in [3.05, 3.63) is 59.1 Å². The van der Waals surface area contributed by atoms with Crippen LogP contribution in [0, 0.1) is 18.6 Å². The van der Waals surface area contributed by atoms with Gasteiger partial charge in [-0.2, -0.15) is 0 Å². The minimum Gasteiger partial charge on any atom is -0.469 e. The molecule has 0 saturated carbocycles. The van der Waals surface area contributed by atoms with Gasteiger partial charge >= 0.3 is 0 Å². The summed E-state index contributed by atoms with van der Waals surface area (Å²) in [6, 6.07) is 6.05. The number of hydrogen-bond acceptors (Lipinski definition) is 2. The summed E-state index contributed by atoms with van der Waals surface area (Å²) in [5.41, 5.74) is 0.559. The number of hydrogen-bond donors (Lipinski definition) is 1. The van der Waals surface area contributed by atoms with Gasteiger partial charge in [-0.25, -0.2) is 8.78 Å². The number of nitrogens with one attached hydrogen (secondary N) is 1. The summed E-state index contributed by atoms with van der Waals surface area (Å²) >= 11 is 0. The Hall–Kier alpha value is -1.68. The van der Waals surface area contributed by atoms with Crippen LogP contribution in [0.3, 0.4) is 0 Å². The zero-order valence-electron chi connectivity index (χ0n) is 11.0. The quantitative estimate of drug-likeness (QED) is 0.890. The maximum atomic E-state index is 14.1. The Morgan fingerprint density at radius 2 is 2.05 bits per heavy atom. The van der Waals surface area contributed by atoms with Crippen LogP contribution in [-0.2, 0) is 6.42 Å². The van der Waals surface area contributed by atoms with Crippen LogP contribution in [0.5, 0.6) is 0 Å². The van der Waals surface area contributed by atoms with Crippen LogP contribution >= 0.6 is 0 Å². The summed E-state index contributed by atoms with van der Waals surface area (Å²) in [7, 11) is 1.70. The lowest BCUT2D eigenvalue weighted by Crippen LogP contribution is -2.20. The van der Waals surface area contributed by atoms with Crippen LogP contribution in [0.15, 0.2) is 34.9 Å². The first-order chi connectivity index (χ1) is 9.13. The Labute approximate surface area is 111 Å². The number of rotatable bonds is 5. The largest absolute Gasteiger partial charge is 0.469 e. The molecule has 0 amide bonds. The van der Waals surface area contributed by atoms with E-state index in [4.69, 9.17) is 4.42 Å². The van der Waals surface area contributed by atoms with Crippen molar-refractivity contribution in [2.45, 2.75) is 25.8 Å². The number of furan rings is 1. The van der Waals surface area contributed by atoms with E-state index in [0.717, 1.165) is 5.76 Å². The zero-order chi connectivity index (χ0) is 13.8. The fourth-order valence-corrected chi connectivity index (χ4v) is 2.17. The second kappa shape index (κ2) is 5.97. The predicted molar refractivity (Wildman–Crippen MR) is 69.9 cm³/mol. The van der Waals surface area contributed by atoms with Crippen LogP contribution < -0.4 is 5.32 Å². The van der Waals surface area contributed by atoms with Gasteiger partial charge in [0.15, 0.2) is 0 Å². The van der Waals surface area contributed by atoms with E-state index in [1.807, 2.05) is 6.07 Å². The molecule has 0 spiro atoms. The van der Waals surface area contributed by atoms with Gasteiger partial charge in [0.05, 0.1) is 6.26 Å². The third-order valence-corrected chi connectivity index (χ3v) is 3.28. The second-order valence-electron chi connectivity index (χ2n) is 4.55. The lowest BCUT2D eigenvalue weighted by atomic mass is 9.98. The van der Waals surface area contributed by atoms with E-state index in [9.17, 15) is 8.78 Å². The molecule has 0 aliphatic carbocycles. The zero-order valence-corrected chi connectivity index (χ0v) is 11.0. The second-order valence-corrected chi connectivity index (χ2v) is 4.55. The van der Waals surface area contributed by atoms with Crippen LogP contribution in [-0.4, -0.2) is 7.05 Å². The molecule has 0 saturated heterocycles. The molecule has 1 aromatic heterocycles. The van der Waals surface area contributed by atoms with Crippen molar-refractivity contribution < 1.29 is 13.2 Å². The molecular formula is C15H17F2NO. The van der Waals surface area contributed by atoms with Crippen LogP contribution in [0.1, 0.15) is 29.3 Å². The van der Waals surface area contributed by atoms with Gasteiger partial charge in [-0.05, 0) is 44.2 Å². The third-order valence-electron chi connectivity index (χ3n) is 3.28. The highest BCUT2D eigenvalue weighted by Gasteiger charge is 2.20. The molecule has 4 heteroatoms. The molecule has 0 radical (unpaired) electrons. The lowest BCUT2D eigenvalue weighted by Gasteiger charge is -2.18. The van der Waals surface area contributed by atoms with Gasteiger partial charge < -0.3 is 9.73 Å². The Morgan fingerprint density at radius 1 is 1.26 bits per heavy atom. The summed E-state index contributed by atoms with van der Waals surface area (Å²) < 4.78 is 33.1. The summed E-state index contributed by atoms with van der Waals surface area (Å²) in [6.07, 6.45) is 2.80. The van der Waals surface area contributed by atoms with E-state index in [0.29, 0.717) is 18.4 Å². The molecule has 19 heavy (non-hydrogen) atoms. The van der Waals surface area contributed by atoms with Crippen molar-refractivity contribution in [1.29, 1.82) is 0 Å². The average Bonchev–Trinajstić information content (AvgIpc) is 2.91. The average molecular weight is 265 g/mol. The standard InChI is InChI=1S/C15H17F2NO/c1-10-5-7-12(16)14(15(10)17)13(18-2)8-6-11-4-3-9-19-11/h3-5,7,9,13,18H,6,8H2,1-2H3. The molecule has 0 aliphatic heterocycles. The highest BCUT2D eigenvalue weighted by Crippen LogP contribution is 2.26. The van der Waals surface area contributed by atoms with Crippen LogP contribution in [0.4, 0.5) is 8.78 Å². The molecule has 2 nitrogen and oxygen atoms in total. The Bertz CT molecular complexity index is 537. The minimum atomic E-state index is -0.512. The van der Waals surface area contributed by atoms with E-state index in [-0.39, 0.29) is 11.6 Å². The monoisotopic (exact) mass is 265 g/mol. The molecule has 2 aromatic rings. The fraction of sp³-hybridized carbons (Fsp3) is 0.333. The molecule has 1 unspecified atom stereocenters. The minimum absolute atomic E-state index is 0.106. The normalized spacial score (nSPS) is 12.6. The van der Waals surface area contributed by atoms with Gasteiger partial charge in [0.25, 0.3) is 0 Å². The van der Waals surface area contributed by atoms with Crippen molar-refractivity contribution in [2.24, 2.45) is 0 Å². The first-order valence-electron chi connectivity index (χ1n) is 6.27. The third kappa shape index (κ3) is 3.01. The number of benzene rings is 1. The van der Waals surface area contributed by atoms with Gasteiger partial charge in [-0.3, -0.25) is 0 Å². The molecule has 102 valence electrons. The SMILES string of the molecule is CNC(CCc1ccco1)c1c(F)ccc(C)c1F. The van der Waals surface area contributed by atoms with Crippen LogP contribution in [0.25, 0.3) is 0 Å². The number of aryl methyl sites for hydroxylation is 2. The van der Waals surface area contributed by atoms with Crippen LogP contribution in [0.2, 0.25) is 0 Å². The van der Waals surface area contributed by atoms with Crippen molar-refractivity contribution >= 4 is 0 Å². The van der Waals surface area contributed by atoms with Crippen molar-refractivity contribution in [1.82, 2.24) is 5.32 Å². The Kier molecular flexibility index (Phi) is 4.32. The Morgan fingerprint density at radius 3 is 2.68 bits per heavy atom. The van der Waals surface area contributed by atoms with Crippen molar-refractivity contribution in [3.8, 4) is 0 Å². The van der Waals surface area contributed by atoms with Gasteiger partial charge in [0, 0.05) is 18.0 Å². The molecule has 0 fully saturated rings. The van der Waals surface area contributed by atoms with Crippen molar-refractivity contribution in [3.63, 3.8) is 0 Å². The van der Waals surface area contributed by atoms with E-state index in [1.165, 1.54) is 12.1 Å². The first kappa shape index (κ1) is 13.7. The molecule has 0 aliphatic rings. The summed E-state index contributed by atoms with van der Waals surface area (Å²) in [4.78, 5) is 0. The molecule has 1 heterocycles. The topological polar surface area (TPSA) is 25.2 Å². The van der Waals surface area contributed by atoms with E-state index in [1.54, 1.807) is 26.3 Å². The summed E-state index contributed by atoms with van der Waals surface area (Å²) in [6.45, 7) is 1.64. The first-order valence-corrected chi connectivity index (χ1v) is 6.27. The van der Waals surface area contributed by atoms with Crippen molar-refractivity contribution in [2.75, 3.05) is 7.05 Å². The fourth-order valence-electron chi connectivity index (χ4n) is 2.17.